The molecule has 1 N–H and O–H groups in total. The Bertz CT molecular complexity index is 1070. The summed E-state index contributed by atoms with van der Waals surface area (Å²) in [5, 5.41) is 3.40. The van der Waals surface area contributed by atoms with Crippen LogP contribution < -0.4 is 16.2 Å². The van der Waals surface area contributed by atoms with Crippen molar-refractivity contribution < 1.29 is 9.45 Å². The monoisotopic (exact) mass is 409 g/mol. The number of benzene rings is 3. The number of rotatable bonds is 7. The van der Waals surface area contributed by atoms with Gasteiger partial charge in [0.05, 0.1) is 5.57 Å². The van der Waals surface area contributed by atoms with E-state index in [1.54, 1.807) is 6.92 Å². The Morgan fingerprint density at radius 1 is 0.871 bits per heavy atom. The molecule has 4 rings (SSSR count). The van der Waals surface area contributed by atoms with Crippen LogP contribution in [0.1, 0.15) is 19.4 Å². The van der Waals surface area contributed by atoms with Crippen molar-refractivity contribution in [1.82, 2.24) is 5.32 Å². The van der Waals surface area contributed by atoms with Crippen molar-refractivity contribution >= 4 is 28.9 Å². The minimum absolute atomic E-state index is 0.0611. The fourth-order valence-electron chi connectivity index (χ4n) is 4.17. The SMILES string of the molecule is CC(=O)C1=C(NCCc2ccccc2)O[B-](c2ccccc2)(c2ccccc2)N=C1C. The topological polar surface area (TPSA) is 50.7 Å². The van der Waals surface area contributed by atoms with Crippen molar-refractivity contribution in [3.8, 4) is 0 Å². The van der Waals surface area contributed by atoms with E-state index >= 15 is 0 Å². The normalized spacial score (nSPS) is 15.1. The van der Waals surface area contributed by atoms with Crippen molar-refractivity contribution in [3.63, 3.8) is 0 Å². The molecule has 3 aromatic carbocycles. The summed E-state index contributed by atoms with van der Waals surface area (Å²) in [7, 11) is 0. The molecule has 4 nitrogen and oxygen atoms in total. The van der Waals surface area contributed by atoms with Crippen LogP contribution in [-0.2, 0) is 15.9 Å². The summed E-state index contributed by atoms with van der Waals surface area (Å²) >= 11 is 0. The van der Waals surface area contributed by atoms with E-state index in [0.29, 0.717) is 23.7 Å². The third-order valence-electron chi connectivity index (χ3n) is 5.65. The molecule has 1 aliphatic heterocycles. The lowest BCUT2D eigenvalue weighted by Gasteiger charge is -2.45. The lowest BCUT2D eigenvalue weighted by Crippen LogP contribution is -2.62. The highest BCUT2D eigenvalue weighted by Gasteiger charge is 2.36. The van der Waals surface area contributed by atoms with E-state index in [-0.39, 0.29) is 5.78 Å². The van der Waals surface area contributed by atoms with Gasteiger partial charge in [0.2, 0.25) is 0 Å². The van der Waals surface area contributed by atoms with Crippen LogP contribution in [0.25, 0.3) is 0 Å². The van der Waals surface area contributed by atoms with E-state index in [1.165, 1.54) is 5.56 Å². The van der Waals surface area contributed by atoms with Gasteiger partial charge in [-0.3, -0.25) is 4.79 Å². The van der Waals surface area contributed by atoms with Gasteiger partial charge < -0.3 is 14.9 Å². The number of carbonyl (C=O) groups excluding carboxylic acids is 1. The zero-order valence-electron chi connectivity index (χ0n) is 17.9. The first-order valence-corrected chi connectivity index (χ1v) is 10.6. The molecule has 5 heteroatoms. The maximum atomic E-state index is 12.5. The van der Waals surface area contributed by atoms with E-state index in [0.717, 1.165) is 17.3 Å². The number of ketones is 1. The Hall–Kier alpha value is -3.60. The van der Waals surface area contributed by atoms with Gasteiger partial charge in [-0.1, -0.05) is 91.0 Å². The molecule has 0 amide bonds. The molecule has 3 aromatic rings. The first-order chi connectivity index (χ1) is 15.1. The fraction of sp³-hybridized carbons (Fsp3) is 0.154. The van der Waals surface area contributed by atoms with Gasteiger partial charge in [0.1, 0.15) is 0 Å². The molecular weight excluding hydrogens is 383 g/mol. The minimum Gasteiger partial charge on any atom is -0.676 e. The van der Waals surface area contributed by atoms with Crippen LogP contribution >= 0.6 is 0 Å². The highest BCUT2D eigenvalue weighted by atomic mass is 16.5. The van der Waals surface area contributed by atoms with Gasteiger partial charge in [-0.25, -0.2) is 0 Å². The largest absolute Gasteiger partial charge is 0.676 e. The Morgan fingerprint density at radius 2 is 1.39 bits per heavy atom. The zero-order chi connectivity index (χ0) is 21.7. The van der Waals surface area contributed by atoms with Crippen LogP contribution in [0.5, 0.6) is 0 Å². The quantitative estimate of drug-likeness (QED) is 0.609. The summed E-state index contributed by atoms with van der Waals surface area (Å²) in [6, 6.07) is 30.3. The molecular formula is C26H26BN2O2-. The molecule has 0 unspecified atom stereocenters. The Labute approximate surface area is 183 Å². The van der Waals surface area contributed by atoms with Gasteiger partial charge in [-0.2, -0.15) is 0 Å². The average molecular weight is 409 g/mol. The van der Waals surface area contributed by atoms with Crippen molar-refractivity contribution in [2.45, 2.75) is 20.3 Å². The second-order valence-corrected chi connectivity index (χ2v) is 7.82. The van der Waals surface area contributed by atoms with Crippen LogP contribution in [0.3, 0.4) is 0 Å². The third-order valence-corrected chi connectivity index (χ3v) is 5.65. The summed E-state index contributed by atoms with van der Waals surface area (Å²) in [5.41, 5.74) is 4.37. The van der Waals surface area contributed by atoms with Crippen molar-refractivity contribution in [2.24, 2.45) is 4.90 Å². The fourth-order valence-corrected chi connectivity index (χ4v) is 4.17. The molecule has 0 radical (unpaired) electrons. The van der Waals surface area contributed by atoms with Crippen molar-refractivity contribution in [3.05, 3.63) is 108 Å². The van der Waals surface area contributed by atoms with Crippen LogP contribution in [-0.4, -0.2) is 24.5 Å². The van der Waals surface area contributed by atoms with Crippen LogP contribution in [0, 0.1) is 0 Å². The van der Waals surface area contributed by atoms with Gasteiger partial charge in [0.15, 0.2) is 11.7 Å². The summed E-state index contributed by atoms with van der Waals surface area (Å²) in [4.78, 5) is 17.5. The summed E-state index contributed by atoms with van der Waals surface area (Å²) in [5.74, 6) is 0.442. The van der Waals surface area contributed by atoms with E-state index in [9.17, 15) is 4.79 Å². The van der Waals surface area contributed by atoms with Gasteiger partial charge in [-0.15, -0.1) is 10.9 Å². The molecule has 0 atom stereocenters. The molecule has 1 heterocycles. The molecule has 0 saturated heterocycles. The number of hydrogen-bond acceptors (Lipinski definition) is 4. The summed E-state index contributed by atoms with van der Waals surface area (Å²) < 4.78 is 6.65. The Morgan fingerprint density at radius 3 is 1.90 bits per heavy atom. The maximum Gasteiger partial charge on any atom is 0.336 e. The lowest BCUT2D eigenvalue weighted by molar-refractivity contribution is -0.113. The van der Waals surface area contributed by atoms with E-state index in [4.69, 9.17) is 9.56 Å². The standard InChI is InChI=1S/C26H26BN2O2/c1-20-25(21(2)30)26(28-19-18-22-12-6-3-7-13-22)31-27(29-20,23-14-8-4-9-15-23)24-16-10-5-11-17-24/h3-17,28H,18-19H2,1-2H3/q-1. The van der Waals surface area contributed by atoms with Gasteiger partial charge in [0, 0.05) is 12.3 Å². The molecule has 0 aromatic heterocycles. The summed E-state index contributed by atoms with van der Waals surface area (Å²) in [6.07, 6.45) is 0.825. The lowest BCUT2D eigenvalue weighted by atomic mass is 9.42. The van der Waals surface area contributed by atoms with Gasteiger partial charge in [-0.05, 0) is 25.8 Å². The molecule has 0 fully saturated rings. The number of carbonyl (C=O) groups is 1. The number of hydrogen-bond donors (Lipinski definition) is 1. The van der Waals surface area contributed by atoms with Crippen molar-refractivity contribution in [2.75, 3.05) is 6.54 Å². The molecule has 0 aliphatic carbocycles. The van der Waals surface area contributed by atoms with Crippen LogP contribution in [0.2, 0.25) is 0 Å². The zero-order valence-corrected chi connectivity index (χ0v) is 17.9. The predicted octanol–water partition coefficient (Wildman–Crippen LogP) is 3.37. The van der Waals surface area contributed by atoms with E-state index in [1.807, 2.05) is 85.8 Å². The molecule has 0 saturated carbocycles. The summed E-state index contributed by atoms with van der Waals surface area (Å²) in [6.45, 7) is 2.19. The smallest absolute Gasteiger partial charge is 0.336 e. The first-order valence-electron chi connectivity index (χ1n) is 10.6. The number of allylic oxidation sites excluding steroid dienone is 1. The second kappa shape index (κ2) is 9.05. The van der Waals surface area contributed by atoms with Crippen LogP contribution in [0.4, 0.5) is 0 Å². The molecule has 156 valence electrons. The van der Waals surface area contributed by atoms with E-state index in [2.05, 4.69) is 17.4 Å². The average Bonchev–Trinajstić information content (AvgIpc) is 2.80. The van der Waals surface area contributed by atoms with Crippen molar-refractivity contribution in [1.29, 1.82) is 0 Å². The minimum atomic E-state index is -1.91. The molecule has 1 aliphatic rings. The number of nitrogens with one attached hydrogen (secondary N) is 1. The molecule has 31 heavy (non-hydrogen) atoms. The van der Waals surface area contributed by atoms with Gasteiger partial charge in [0.25, 0.3) is 0 Å². The van der Waals surface area contributed by atoms with Crippen LogP contribution in [0.15, 0.2) is 107 Å². The maximum absolute atomic E-state index is 12.5. The number of nitrogens with zero attached hydrogens (tertiary/aromatic N) is 1. The molecule has 0 spiro atoms. The third kappa shape index (κ3) is 4.31. The van der Waals surface area contributed by atoms with E-state index < -0.39 is 6.48 Å². The Kier molecular flexibility index (Phi) is 6.03. The second-order valence-electron chi connectivity index (χ2n) is 7.82. The molecule has 0 bridgehead atoms. The highest BCUT2D eigenvalue weighted by molar-refractivity contribution is 6.97. The first kappa shape index (κ1) is 20.7. The predicted molar refractivity (Wildman–Crippen MR) is 128 cm³/mol. The Balaban J connectivity index is 1.73. The highest BCUT2D eigenvalue weighted by Crippen LogP contribution is 2.23. The van der Waals surface area contributed by atoms with Gasteiger partial charge >= 0.3 is 6.48 Å². The number of Topliss-reactive ketones (excluding diaryl/α,β-unsaturated/α-hetero) is 1.